The molecule has 0 bridgehead atoms. The summed E-state index contributed by atoms with van der Waals surface area (Å²) in [5.74, 6) is 0.289. The molecule has 24 heavy (non-hydrogen) atoms. The van der Waals surface area contributed by atoms with Gasteiger partial charge < -0.3 is 9.47 Å². The molecule has 0 aliphatic carbocycles. The first kappa shape index (κ1) is 16.6. The van der Waals surface area contributed by atoms with Crippen molar-refractivity contribution in [1.82, 2.24) is 0 Å². The van der Waals surface area contributed by atoms with Crippen molar-refractivity contribution in [2.24, 2.45) is 4.99 Å². The van der Waals surface area contributed by atoms with Gasteiger partial charge in [0.1, 0.15) is 5.75 Å². The van der Waals surface area contributed by atoms with Crippen molar-refractivity contribution < 1.29 is 14.3 Å². The van der Waals surface area contributed by atoms with Crippen molar-refractivity contribution in [3.8, 4) is 5.75 Å². The molecule has 6 heteroatoms. The minimum Gasteiger partial charge on any atom is -0.493 e. The van der Waals surface area contributed by atoms with Crippen molar-refractivity contribution in [2.45, 2.75) is 6.92 Å². The lowest BCUT2D eigenvalue weighted by atomic mass is 10.1. The topological polar surface area (TPSA) is 47.9 Å². The van der Waals surface area contributed by atoms with Gasteiger partial charge in [0.15, 0.2) is 5.70 Å². The Kier molecular flexibility index (Phi) is 4.88. The van der Waals surface area contributed by atoms with Crippen LogP contribution in [0.5, 0.6) is 5.75 Å². The smallest absolute Gasteiger partial charge is 0.363 e. The molecule has 1 aliphatic heterocycles. The number of halogens is 2. The minimum absolute atomic E-state index is 0.154. The van der Waals surface area contributed by atoms with Crippen molar-refractivity contribution >= 4 is 41.1 Å². The summed E-state index contributed by atoms with van der Waals surface area (Å²) in [6.07, 6.45) is 1.63. The lowest BCUT2D eigenvalue weighted by molar-refractivity contribution is -0.129. The Hall–Kier alpha value is -2.30. The zero-order chi connectivity index (χ0) is 17.1. The third-order valence-corrected chi connectivity index (χ3v) is 3.84. The Labute approximate surface area is 149 Å². The molecule has 3 rings (SSSR count). The molecule has 122 valence electrons. The van der Waals surface area contributed by atoms with Gasteiger partial charge in [-0.05, 0) is 37.3 Å². The van der Waals surface area contributed by atoms with E-state index in [-0.39, 0.29) is 11.6 Å². The molecule has 0 unspecified atom stereocenters. The highest BCUT2D eigenvalue weighted by Crippen LogP contribution is 2.28. The van der Waals surface area contributed by atoms with Gasteiger partial charge in [-0.2, -0.15) is 0 Å². The summed E-state index contributed by atoms with van der Waals surface area (Å²) in [4.78, 5) is 16.3. The van der Waals surface area contributed by atoms with E-state index >= 15 is 0 Å². The Bertz CT molecular complexity index is 859. The molecule has 0 fully saturated rings. The maximum Gasteiger partial charge on any atom is 0.363 e. The second-order valence-corrected chi connectivity index (χ2v) is 5.77. The lowest BCUT2D eigenvalue weighted by Crippen LogP contribution is -2.06. The summed E-state index contributed by atoms with van der Waals surface area (Å²) in [5, 5.41) is 0.861. The van der Waals surface area contributed by atoms with E-state index in [2.05, 4.69) is 4.99 Å². The summed E-state index contributed by atoms with van der Waals surface area (Å²) in [5.41, 5.74) is 1.44. The molecule has 2 aromatic carbocycles. The second kappa shape index (κ2) is 7.07. The van der Waals surface area contributed by atoms with E-state index in [9.17, 15) is 4.79 Å². The van der Waals surface area contributed by atoms with Crippen LogP contribution in [0.25, 0.3) is 6.08 Å². The number of rotatable bonds is 4. The van der Waals surface area contributed by atoms with Crippen LogP contribution in [-0.4, -0.2) is 18.5 Å². The number of ether oxygens (including phenoxy) is 2. The second-order valence-electron chi connectivity index (χ2n) is 4.93. The summed E-state index contributed by atoms with van der Waals surface area (Å²) >= 11 is 12.0. The van der Waals surface area contributed by atoms with Gasteiger partial charge >= 0.3 is 5.97 Å². The predicted molar refractivity (Wildman–Crippen MR) is 94.7 cm³/mol. The van der Waals surface area contributed by atoms with Crippen molar-refractivity contribution in [2.75, 3.05) is 6.61 Å². The molecule has 0 amide bonds. The Morgan fingerprint density at radius 3 is 2.75 bits per heavy atom. The zero-order valence-corrected chi connectivity index (χ0v) is 14.3. The highest BCUT2D eigenvalue weighted by Gasteiger charge is 2.26. The number of para-hydroxylation sites is 1. The molecule has 0 N–H and O–H groups in total. The predicted octanol–water partition coefficient (Wildman–Crippen LogP) is 4.74. The van der Waals surface area contributed by atoms with Crippen LogP contribution in [0, 0.1) is 0 Å². The maximum atomic E-state index is 12.1. The zero-order valence-electron chi connectivity index (χ0n) is 12.8. The highest BCUT2D eigenvalue weighted by molar-refractivity contribution is 6.37. The van der Waals surface area contributed by atoms with Crippen molar-refractivity contribution in [3.05, 3.63) is 69.3 Å². The number of carbonyl (C=O) groups is 1. The fourth-order valence-corrected chi connectivity index (χ4v) is 2.71. The van der Waals surface area contributed by atoms with Crippen LogP contribution < -0.4 is 4.74 Å². The average molecular weight is 362 g/mol. The Balaban J connectivity index is 1.97. The summed E-state index contributed by atoms with van der Waals surface area (Å²) in [7, 11) is 0. The first-order valence-corrected chi connectivity index (χ1v) is 8.04. The number of aliphatic imine (C=N–C) groups is 1. The SMILES string of the molecule is CCOc1ccccc1/C=C1\N=C(c2ccc(Cl)cc2Cl)OC1=O. The van der Waals surface area contributed by atoms with E-state index in [1.165, 1.54) is 0 Å². The lowest BCUT2D eigenvalue weighted by Gasteiger charge is -2.06. The summed E-state index contributed by atoms with van der Waals surface area (Å²) < 4.78 is 10.8. The molecule has 4 nitrogen and oxygen atoms in total. The van der Waals surface area contributed by atoms with Gasteiger partial charge in [0.05, 0.1) is 17.2 Å². The van der Waals surface area contributed by atoms with E-state index in [0.29, 0.717) is 28.0 Å². The molecule has 0 spiro atoms. The van der Waals surface area contributed by atoms with E-state index in [1.54, 1.807) is 24.3 Å². The van der Waals surface area contributed by atoms with E-state index in [4.69, 9.17) is 32.7 Å². The van der Waals surface area contributed by atoms with Gasteiger partial charge in [-0.15, -0.1) is 0 Å². The van der Waals surface area contributed by atoms with Crippen molar-refractivity contribution in [3.63, 3.8) is 0 Å². The van der Waals surface area contributed by atoms with E-state index in [0.717, 1.165) is 5.56 Å². The molecule has 1 heterocycles. The number of hydrogen-bond acceptors (Lipinski definition) is 4. The molecule has 1 aliphatic rings. The summed E-state index contributed by atoms with van der Waals surface area (Å²) in [6.45, 7) is 2.42. The Morgan fingerprint density at radius 1 is 1.21 bits per heavy atom. The standard InChI is InChI=1S/C18H13Cl2NO3/c1-2-23-16-6-4-3-5-11(16)9-15-18(22)24-17(21-15)13-8-7-12(19)10-14(13)20/h3-10H,2H2,1H3/b15-9-. The van der Waals surface area contributed by atoms with Crippen molar-refractivity contribution in [1.29, 1.82) is 0 Å². The number of esters is 1. The van der Waals surface area contributed by atoms with E-state index < -0.39 is 5.97 Å². The van der Waals surface area contributed by atoms with Gasteiger partial charge in [-0.1, -0.05) is 41.4 Å². The van der Waals surface area contributed by atoms with Crippen LogP contribution in [-0.2, 0) is 9.53 Å². The van der Waals surface area contributed by atoms with Gasteiger partial charge in [-0.3, -0.25) is 0 Å². The average Bonchev–Trinajstić information content (AvgIpc) is 2.90. The Morgan fingerprint density at radius 2 is 2.00 bits per heavy atom. The molecule has 0 atom stereocenters. The van der Waals surface area contributed by atoms with Crippen LogP contribution in [0.15, 0.2) is 53.2 Å². The molecular weight excluding hydrogens is 349 g/mol. The van der Waals surface area contributed by atoms with Gasteiger partial charge in [-0.25, -0.2) is 9.79 Å². The maximum absolute atomic E-state index is 12.1. The molecule has 0 radical (unpaired) electrons. The van der Waals surface area contributed by atoms with Gasteiger partial charge in [0.25, 0.3) is 0 Å². The normalized spacial score (nSPS) is 15.4. The first-order chi connectivity index (χ1) is 11.6. The third-order valence-electron chi connectivity index (χ3n) is 3.29. The molecule has 0 saturated carbocycles. The van der Waals surface area contributed by atoms with Gasteiger partial charge in [0.2, 0.25) is 5.90 Å². The number of hydrogen-bond donors (Lipinski definition) is 0. The van der Waals surface area contributed by atoms with Crippen LogP contribution >= 0.6 is 23.2 Å². The highest BCUT2D eigenvalue weighted by atomic mass is 35.5. The fourth-order valence-electron chi connectivity index (χ4n) is 2.22. The third kappa shape index (κ3) is 3.45. The quantitative estimate of drug-likeness (QED) is 0.583. The number of carbonyl (C=O) groups excluding carboxylic acids is 1. The fraction of sp³-hybridized carbons (Fsp3) is 0.111. The number of nitrogens with zero attached hydrogens (tertiary/aromatic N) is 1. The van der Waals surface area contributed by atoms with E-state index in [1.807, 2.05) is 31.2 Å². The van der Waals surface area contributed by atoms with Crippen LogP contribution in [0.2, 0.25) is 10.0 Å². The number of cyclic esters (lactones) is 1. The number of benzene rings is 2. The first-order valence-electron chi connectivity index (χ1n) is 7.28. The van der Waals surface area contributed by atoms with Gasteiger partial charge in [0, 0.05) is 10.6 Å². The molecular formula is C18H13Cl2NO3. The molecule has 2 aromatic rings. The summed E-state index contributed by atoms with van der Waals surface area (Å²) in [6, 6.07) is 12.3. The monoisotopic (exact) mass is 361 g/mol. The minimum atomic E-state index is -0.540. The van der Waals surface area contributed by atoms with Crippen LogP contribution in [0.3, 0.4) is 0 Å². The van der Waals surface area contributed by atoms with Crippen LogP contribution in [0.4, 0.5) is 0 Å². The molecule has 0 aromatic heterocycles. The molecule has 0 saturated heterocycles. The largest absolute Gasteiger partial charge is 0.493 e. The van der Waals surface area contributed by atoms with Crippen LogP contribution in [0.1, 0.15) is 18.1 Å².